The molecule has 2 N–H and O–H groups in total. The molecule has 0 saturated carbocycles. The van der Waals surface area contributed by atoms with Gasteiger partial charge in [-0.15, -0.1) is 0 Å². The zero-order valence-corrected chi connectivity index (χ0v) is 13.1. The molecule has 0 aliphatic carbocycles. The van der Waals surface area contributed by atoms with Crippen molar-refractivity contribution < 1.29 is 18.0 Å². The molecule has 2 aromatic heterocycles. The van der Waals surface area contributed by atoms with E-state index in [0.29, 0.717) is 5.56 Å². The lowest BCUT2D eigenvalue weighted by molar-refractivity contribution is -0.144. The van der Waals surface area contributed by atoms with Gasteiger partial charge in [-0.2, -0.15) is 23.5 Å². The number of nitrogens with zero attached hydrogens (tertiary/aromatic N) is 3. The van der Waals surface area contributed by atoms with E-state index in [9.17, 15) is 18.0 Å². The van der Waals surface area contributed by atoms with Crippen molar-refractivity contribution in [1.82, 2.24) is 20.1 Å². The number of halogens is 3. The smallest absolute Gasteiger partial charge is 0.356 e. The molecule has 0 spiro atoms. The van der Waals surface area contributed by atoms with E-state index >= 15 is 0 Å². The van der Waals surface area contributed by atoms with Crippen molar-refractivity contribution in [3.05, 3.63) is 41.0 Å². The van der Waals surface area contributed by atoms with Gasteiger partial charge < -0.3 is 10.3 Å². The van der Waals surface area contributed by atoms with Gasteiger partial charge in [0.05, 0.1) is 11.3 Å². The molecule has 0 fully saturated rings. The predicted octanol–water partition coefficient (Wildman–Crippen LogP) is 2.48. The van der Waals surface area contributed by atoms with E-state index in [1.54, 1.807) is 6.92 Å². The fraction of sp³-hybridized carbons (Fsp3) is 0.400. The minimum Gasteiger partial charge on any atom is -0.356 e. The fourth-order valence-electron chi connectivity index (χ4n) is 2.22. The summed E-state index contributed by atoms with van der Waals surface area (Å²) in [4.78, 5) is 14.6. The fourth-order valence-corrected chi connectivity index (χ4v) is 2.22. The van der Waals surface area contributed by atoms with Crippen molar-refractivity contribution in [2.24, 2.45) is 5.92 Å². The first-order valence-electron chi connectivity index (χ1n) is 7.19. The van der Waals surface area contributed by atoms with E-state index in [-0.39, 0.29) is 30.4 Å². The number of alkyl halides is 3. The molecule has 2 aromatic rings. The van der Waals surface area contributed by atoms with E-state index < -0.39 is 17.8 Å². The summed E-state index contributed by atoms with van der Waals surface area (Å²) in [5, 5.41) is 15.2. The molecule has 0 saturated heterocycles. The molecule has 0 aliphatic rings. The Morgan fingerprint density at radius 2 is 2.21 bits per heavy atom. The molecule has 2 rings (SSSR count). The highest BCUT2D eigenvalue weighted by Crippen LogP contribution is 2.30. The van der Waals surface area contributed by atoms with Gasteiger partial charge in [-0.05, 0) is 25.0 Å². The molecule has 2 heterocycles. The number of nitrogens with one attached hydrogen (secondary N) is 2. The standard InChI is InChI=1S/C15H16F3N5O/c1-9(6-21-14(24)12-4-11(5-19)7-20-12)8-23-13(15(16,17)18)3-10(2)22-23/h3-4,7,9,20H,6,8H2,1-2H3,(H,21,24). The van der Waals surface area contributed by atoms with Crippen molar-refractivity contribution in [3.8, 4) is 6.07 Å². The minimum atomic E-state index is -4.47. The van der Waals surface area contributed by atoms with Gasteiger partial charge in [0, 0.05) is 19.3 Å². The third kappa shape index (κ3) is 4.16. The number of rotatable bonds is 5. The van der Waals surface area contributed by atoms with Gasteiger partial charge in [0.2, 0.25) is 0 Å². The summed E-state index contributed by atoms with van der Waals surface area (Å²) in [5.41, 5.74) is 0.0369. The Hall–Kier alpha value is -2.76. The van der Waals surface area contributed by atoms with Crippen LogP contribution in [-0.2, 0) is 12.7 Å². The average Bonchev–Trinajstić information content (AvgIpc) is 3.10. The van der Waals surface area contributed by atoms with E-state index in [0.717, 1.165) is 10.7 Å². The molecule has 0 bridgehead atoms. The van der Waals surface area contributed by atoms with Gasteiger partial charge in [-0.3, -0.25) is 9.48 Å². The van der Waals surface area contributed by atoms with Crippen LogP contribution in [0, 0.1) is 24.2 Å². The molecule has 1 amide bonds. The Bertz CT molecular complexity index is 769. The second kappa shape index (κ2) is 6.78. The Morgan fingerprint density at radius 1 is 1.50 bits per heavy atom. The number of aromatic nitrogens is 3. The lowest BCUT2D eigenvalue weighted by atomic mass is 10.1. The predicted molar refractivity (Wildman–Crippen MR) is 79.0 cm³/mol. The highest BCUT2D eigenvalue weighted by Gasteiger charge is 2.35. The van der Waals surface area contributed by atoms with Crippen LogP contribution in [0.4, 0.5) is 13.2 Å². The van der Waals surface area contributed by atoms with E-state index in [1.165, 1.54) is 19.2 Å². The number of hydrogen-bond acceptors (Lipinski definition) is 3. The molecule has 0 aliphatic heterocycles. The number of aryl methyl sites for hydroxylation is 1. The quantitative estimate of drug-likeness (QED) is 0.877. The van der Waals surface area contributed by atoms with E-state index in [4.69, 9.17) is 5.26 Å². The number of aromatic amines is 1. The van der Waals surface area contributed by atoms with E-state index in [1.807, 2.05) is 6.07 Å². The van der Waals surface area contributed by atoms with Crippen LogP contribution in [0.15, 0.2) is 18.3 Å². The summed E-state index contributed by atoms with van der Waals surface area (Å²) in [6.07, 6.45) is -3.07. The normalized spacial score (nSPS) is 12.7. The molecule has 9 heteroatoms. The monoisotopic (exact) mass is 339 g/mol. The largest absolute Gasteiger partial charge is 0.433 e. The van der Waals surface area contributed by atoms with Gasteiger partial charge >= 0.3 is 6.18 Å². The summed E-state index contributed by atoms with van der Waals surface area (Å²) in [6.45, 7) is 3.41. The number of amides is 1. The number of nitriles is 1. The van der Waals surface area contributed by atoms with Crippen LogP contribution in [0.25, 0.3) is 0 Å². The van der Waals surface area contributed by atoms with Crippen molar-refractivity contribution in [2.75, 3.05) is 6.54 Å². The third-order valence-corrected chi connectivity index (χ3v) is 3.34. The topological polar surface area (TPSA) is 86.5 Å². The molecule has 1 atom stereocenters. The average molecular weight is 339 g/mol. The SMILES string of the molecule is Cc1cc(C(F)(F)F)n(CC(C)CNC(=O)c2cc(C#N)c[nH]2)n1. The molecular weight excluding hydrogens is 323 g/mol. The van der Waals surface area contributed by atoms with Crippen molar-refractivity contribution in [1.29, 1.82) is 5.26 Å². The molecular formula is C15H16F3N5O. The van der Waals surface area contributed by atoms with Crippen LogP contribution in [0.1, 0.15) is 34.4 Å². The van der Waals surface area contributed by atoms with Gasteiger partial charge in [-0.1, -0.05) is 6.92 Å². The first kappa shape index (κ1) is 17.6. The maximum absolute atomic E-state index is 12.9. The maximum Gasteiger partial charge on any atom is 0.433 e. The van der Waals surface area contributed by atoms with Crippen LogP contribution in [0.5, 0.6) is 0 Å². The summed E-state index contributed by atoms with van der Waals surface area (Å²) < 4.78 is 39.7. The zero-order chi connectivity index (χ0) is 17.9. The molecule has 128 valence electrons. The van der Waals surface area contributed by atoms with Crippen molar-refractivity contribution in [2.45, 2.75) is 26.6 Å². The molecule has 6 nitrogen and oxygen atoms in total. The Kier molecular flexibility index (Phi) is 4.97. The van der Waals surface area contributed by atoms with Crippen LogP contribution >= 0.6 is 0 Å². The second-order valence-corrected chi connectivity index (χ2v) is 5.58. The number of carbonyl (C=O) groups excluding carboxylic acids is 1. The van der Waals surface area contributed by atoms with Gasteiger partial charge in [0.25, 0.3) is 5.91 Å². The molecule has 1 unspecified atom stereocenters. The Balaban J connectivity index is 1.95. The van der Waals surface area contributed by atoms with Crippen LogP contribution in [-0.4, -0.2) is 27.2 Å². The van der Waals surface area contributed by atoms with Crippen LogP contribution in [0.3, 0.4) is 0 Å². The highest BCUT2D eigenvalue weighted by molar-refractivity contribution is 5.92. The second-order valence-electron chi connectivity index (χ2n) is 5.58. The van der Waals surface area contributed by atoms with Crippen LogP contribution in [0.2, 0.25) is 0 Å². The van der Waals surface area contributed by atoms with Gasteiger partial charge in [-0.25, -0.2) is 0 Å². The summed E-state index contributed by atoms with van der Waals surface area (Å²) in [5.74, 6) is -0.684. The number of H-pyrrole nitrogens is 1. The Morgan fingerprint density at radius 3 is 2.79 bits per heavy atom. The Labute approximate surface area is 136 Å². The summed E-state index contributed by atoms with van der Waals surface area (Å²) >= 11 is 0. The highest BCUT2D eigenvalue weighted by atomic mass is 19.4. The van der Waals surface area contributed by atoms with E-state index in [2.05, 4.69) is 15.4 Å². The van der Waals surface area contributed by atoms with Crippen molar-refractivity contribution >= 4 is 5.91 Å². The van der Waals surface area contributed by atoms with Gasteiger partial charge in [0.15, 0.2) is 0 Å². The lowest BCUT2D eigenvalue weighted by Crippen LogP contribution is -2.31. The molecule has 24 heavy (non-hydrogen) atoms. The van der Waals surface area contributed by atoms with Crippen molar-refractivity contribution in [3.63, 3.8) is 0 Å². The number of hydrogen-bond donors (Lipinski definition) is 2. The third-order valence-electron chi connectivity index (χ3n) is 3.34. The minimum absolute atomic E-state index is 0.0249. The molecule has 0 aromatic carbocycles. The first-order chi connectivity index (χ1) is 11.2. The van der Waals surface area contributed by atoms with Crippen LogP contribution < -0.4 is 5.32 Å². The first-order valence-corrected chi connectivity index (χ1v) is 7.19. The van der Waals surface area contributed by atoms with Gasteiger partial charge in [0.1, 0.15) is 17.5 Å². The zero-order valence-electron chi connectivity index (χ0n) is 13.1. The summed E-state index contributed by atoms with van der Waals surface area (Å²) in [6, 6.07) is 4.29. The number of carbonyl (C=O) groups is 1. The maximum atomic E-state index is 12.9. The summed E-state index contributed by atoms with van der Waals surface area (Å²) in [7, 11) is 0. The lowest BCUT2D eigenvalue weighted by Gasteiger charge is -2.15. The molecule has 0 radical (unpaired) electrons.